The molecule has 1 aromatic heterocycles. The van der Waals surface area contributed by atoms with Crippen molar-refractivity contribution in [2.75, 3.05) is 18.1 Å². The van der Waals surface area contributed by atoms with Crippen molar-refractivity contribution in [3.05, 3.63) is 59.9 Å². The van der Waals surface area contributed by atoms with Crippen molar-refractivity contribution >= 4 is 51.5 Å². The van der Waals surface area contributed by atoms with Gasteiger partial charge in [0, 0.05) is 24.5 Å². The predicted molar refractivity (Wildman–Crippen MR) is 101 cm³/mol. The van der Waals surface area contributed by atoms with Gasteiger partial charge < -0.3 is 10.2 Å². The zero-order valence-corrected chi connectivity index (χ0v) is 14.6. The van der Waals surface area contributed by atoms with E-state index in [0.29, 0.717) is 5.69 Å². The minimum atomic E-state index is -0.171. The zero-order chi connectivity index (χ0) is 17.1. The van der Waals surface area contributed by atoms with Crippen LogP contribution in [0.4, 0.5) is 11.4 Å². The van der Waals surface area contributed by atoms with Crippen LogP contribution in [0, 0.1) is 0 Å². The molecule has 1 aliphatic rings. The smallest absolute Gasteiger partial charge is 0.234 e. The van der Waals surface area contributed by atoms with Crippen molar-refractivity contribution in [3.63, 3.8) is 0 Å². The summed E-state index contributed by atoms with van der Waals surface area (Å²) in [5.41, 5.74) is 3.21. The average molecular weight is 359 g/mol. The molecule has 0 unspecified atom stereocenters. The SMILES string of the molecule is C=C1c2ccccc2N=C(SCC(=O)Nc2cccnc2Cl)N1C. The Morgan fingerprint density at radius 2 is 2.12 bits per heavy atom. The molecule has 0 radical (unpaired) electrons. The molecular formula is C17H15ClN4OS. The summed E-state index contributed by atoms with van der Waals surface area (Å²) in [7, 11) is 1.89. The number of carbonyl (C=O) groups is 1. The number of nitrogens with one attached hydrogen (secondary N) is 1. The van der Waals surface area contributed by atoms with E-state index in [9.17, 15) is 4.79 Å². The third kappa shape index (κ3) is 3.44. The number of para-hydroxylation sites is 1. The summed E-state index contributed by atoms with van der Waals surface area (Å²) in [6.45, 7) is 4.10. The van der Waals surface area contributed by atoms with Crippen LogP contribution in [0.3, 0.4) is 0 Å². The first-order valence-electron chi connectivity index (χ1n) is 7.20. The third-order valence-corrected chi connectivity index (χ3v) is 4.82. The minimum absolute atomic E-state index is 0.171. The van der Waals surface area contributed by atoms with Crippen LogP contribution >= 0.6 is 23.4 Å². The summed E-state index contributed by atoms with van der Waals surface area (Å²) in [5.74, 6) is 0.0413. The van der Waals surface area contributed by atoms with Gasteiger partial charge in [-0.25, -0.2) is 9.98 Å². The maximum Gasteiger partial charge on any atom is 0.234 e. The van der Waals surface area contributed by atoms with Crippen molar-refractivity contribution in [1.29, 1.82) is 0 Å². The van der Waals surface area contributed by atoms with Gasteiger partial charge in [-0.05, 0) is 18.2 Å². The van der Waals surface area contributed by atoms with Gasteiger partial charge in [0.1, 0.15) is 0 Å². The Labute approximate surface area is 149 Å². The fourth-order valence-corrected chi connectivity index (χ4v) is 3.18. The Hall–Kier alpha value is -2.31. The van der Waals surface area contributed by atoms with Crippen LogP contribution in [0.2, 0.25) is 5.15 Å². The molecule has 0 saturated heterocycles. The van der Waals surface area contributed by atoms with Crippen molar-refractivity contribution in [3.8, 4) is 0 Å². The molecule has 3 rings (SSSR count). The lowest BCUT2D eigenvalue weighted by molar-refractivity contribution is -0.113. The number of rotatable bonds is 3. The summed E-state index contributed by atoms with van der Waals surface area (Å²) in [5, 5.41) is 3.74. The number of hydrogen-bond acceptors (Lipinski definition) is 5. The number of benzene rings is 1. The Kier molecular flexibility index (Phi) is 4.87. The summed E-state index contributed by atoms with van der Waals surface area (Å²) in [6.07, 6.45) is 1.57. The number of hydrogen-bond donors (Lipinski definition) is 1. The van der Waals surface area contributed by atoms with Crippen molar-refractivity contribution in [2.24, 2.45) is 4.99 Å². The van der Waals surface area contributed by atoms with E-state index in [0.717, 1.165) is 22.1 Å². The van der Waals surface area contributed by atoms with E-state index in [1.54, 1.807) is 18.3 Å². The molecule has 5 nitrogen and oxygen atoms in total. The summed E-state index contributed by atoms with van der Waals surface area (Å²) in [6, 6.07) is 11.2. The fraction of sp³-hybridized carbons (Fsp3) is 0.118. The number of amides is 1. The number of amidine groups is 1. The molecule has 2 heterocycles. The zero-order valence-electron chi connectivity index (χ0n) is 13.0. The van der Waals surface area contributed by atoms with E-state index in [-0.39, 0.29) is 16.8 Å². The second kappa shape index (κ2) is 7.07. The Morgan fingerprint density at radius 1 is 1.33 bits per heavy atom. The average Bonchev–Trinajstić information content (AvgIpc) is 2.59. The molecule has 0 fully saturated rings. The number of halogens is 1. The molecule has 24 heavy (non-hydrogen) atoms. The van der Waals surface area contributed by atoms with Gasteiger partial charge in [-0.2, -0.15) is 0 Å². The first kappa shape index (κ1) is 16.5. The molecule has 0 atom stereocenters. The second-order valence-corrected chi connectivity index (χ2v) is 6.40. The monoisotopic (exact) mass is 358 g/mol. The summed E-state index contributed by atoms with van der Waals surface area (Å²) in [4.78, 5) is 22.5. The Bertz CT molecular complexity index is 837. The Morgan fingerprint density at radius 3 is 2.92 bits per heavy atom. The van der Waals surface area contributed by atoms with Crippen LogP contribution in [-0.2, 0) is 4.79 Å². The molecule has 0 saturated carbocycles. The molecule has 2 aromatic rings. The highest BCUT2D eigenvalue weighted by Crippen LogP contribution is 2.34. The number of thioether (sulfide) groups is 1. The molecule has 1 aromatic carbocycles. The highest BCUT2D eigenvalue weighted by Gasteiger charge is 2.21. The van der Waals surface area contributed by atoms with Gasteiger partial charge >= 0.3 is 0 Å². The van der Waals surface area contributed by atoms with E-state index in [2.05, 4.69) is 21.9 Å². The van der Waals surface area contributed by atoms with Gasteiger partial charge in [-0.3, -0.25) is 4.79 Å². The number of aliphatic imine (C=N–C) groups is 1. The second-order valence-electron chi connectivity index (χ2n) is 5.10. The number of fused-ring (bicyclic) bond motifs is 1. The highest BCUT2D eigenvalue weighted by atomic mass is 35.5. The maximum absolute atomic E-state index is 12.1. The molecule has 1 aliphatic heterocycles. The van der Waals surface area contributed by atoms with Crippen LogP contribution < -0.4 is 5.32 Å². The van der Waals surface area contributed by atoms with Gasteiger partial charge in [0.2, 0.25) is 5.91 Å². The van der Waals surface area contributed by atoms with Crippen LogP contribution in [0.5, 0.6) is 0 Å². The number of nitrogens with zero attached hydrogens (tertiary/aromatic N) is 3. The van der Waals surface area contributed by atoms with E-state index < -0.39 is 0 Å². The summed E-state index contributed by atoms with van der Waals surface area (Å²) >= 11 is 7.29. The van der Waals surface area contributed by atoms with Crippen LogP contribution in [0.15, 0.2) is 54.2 Å². The quantitative estimate of drug-likeness (QED) is 0.842. The Balaban J connectivity index is 1.68. The lowest BCUT2D eigenvalue weighted by Crippen LogP contribution is -2.26. The molecule has 1 N–H and O–H groups in total. The lowest BCUT2D eigenvalue weighted by atomic mass is 10.1. The van der Waals surface area contributed by atoms with Crippen molar-refractivity contribution in [2.45, 2.75) is 0 Å². The van der Waals surface area contributed by atoms with Gasteiger partial charge in [0.25, 0.3) is 0 Å². The molecule has 0 spiro atoms. The highest BCUT2D eigenvalue weighted by molar-refractivity contribution is 8.14. The largest absolute Gasteiger partial charge is 0.324 e. The standard InChI is InChI=1S/C17H15ClN4OS/c1-11-12-6-3-4-7-13(12)21-17(22(11)2)24-10-15(23)20-14-8-5-9-19-16(14)18/h3-9H,1,10H2,2H3,(H,20,23). The molecule has 0 bridgehead atoms. The molecule has 122 valence electrons. The van der Waals surface area contributed by atoms with E-state index >= 15 is 0 Å². The van der Waals surface area contributed by atoms with E-state index in [4.69, 9.17) is 11.6 Å². The predicted octanol–water partition coefficient (Wildman–Crippen LogP) is 4.01. The number of anilines is 1. The number of carbonyl (C=O) groups excluding carboxylic acids is 1. The first-order chi connectivity index (χ1) is 11.6. The first-order valence-corrected chi connectivity index (χ1v) is 8.56. The number of aromatic nitrogens is 1. The van der Waals surface area contributed by atoms with Crippen molar-refractivity contribution < 1.29 is 4.79 Å². The van der Waals surface area contributed by atoms with Crippen LogP contribution in [-0.4, -0.2) is 33.8 Å². The van der Waals surface area contributed by atoms with Crippen LogP contribution in [0.1, 0.15) is 5.56 Å². The fourth-order valence-electron chi connectivity index (χ4n) is 2.21. The van der Waals surface area contributed by atoms with Crippen molar-refractivity contribution in [1.82, 2.24) is 9.88 Å². The van der Waals surface area contributed by atoms with E-state index in [1.165, 1.54) is 11.8 Å². The molecular weight excluding hydrogens is 344 g/mol. The third-order valence-electron chi connectivity index (χ3n) is 3.49. The van der Waals surface area contributed by atoms with Gasteiger partial charge in [0.15, 0.2) is 10.3 Å². The topological polar surface area (TPSA) is 57.6 Å². The molecule has 1 amide bonds. The van der Waals surface area contributed by atoms with Crippen LogP contribution in [0.25, 0.3) is 5.70 Å². The van der Waals surface area contributed by atoms with E-state index in [1.807, 2.05) is 36.2 Å². The lowest BCUT2D eigenvalue weighted by Gasteiger charge is -2.28. The maximum atomic E-state index is 12.1. The van der Waals surface area contributed by atoms with Gasteiger partial charge in [-0.1, -0.05) is 48.1 Å². The molecule has 0 aliphatic carbocycles. The normalized spacial score (nSPS) is 13.3. The summed E-state index contributed by atoms with van der Waals surface area (Å²) < 4.78 is 0. The minimum Gasteiger partial charge on any atom is -0.324 e. The number of pyridine rings is 1. The van der Waals surface area contributed by atoms with Gasteiger partial charge in [0.05, 0.1) is 17.1 Å². The van der Waals surface area contributed by atoms with Gasteiger partial charge in [-0.15, -0.1) is 0 Å². The molecule has 7 heteroatoms.